The third-order valence-electron chi connectivity index (χ3n) is 1.93. The van der Waals surface area contributed by atoms with E-state index in [2.05, 4.69) is 0 Å². The van der Waals surface area contributed by atoms with Crippen LogP contribution in [0.1, 0.15) is 16.8 Å². The Bertz CT molecular complexity index is 378. The van der Waals surface area contributed by atoms with E-state index in [9.17, 15) is 9.18 Å². The van der Waals surface area contributed by atoms with Gasteiger partial charge >= 0.3 is 0 Å². The van der Waals surface area contributed by atoms with Crippen molar-refractivity contribution in [2.24, 2.45) is 0 Å². The molecule has 1 nitrogen and oxygen atoms in total. The van der Waals surface area contributed by atoms with E-state index >= 15 is 0 Å². The molecule has 1 aromatic rings. The highest BCUT2D eigenvalue weighted by Crippen LogP contribution is 2.35. The van der Waals surface area contributed by atoms with Crippen molar-refractivity contribution >= 4 is 29.1 Å². The number of hydrogen-bond acceptors (Lipinski definition) is 2. The normalized spacial score (nSPS) is 15.7. The van der Waals surface area contributed by atoms with Crippen molar-refractivity contribution in [1.29, 1.82) is 0 Å². The van der Waals surface area contributed by atoms with E-state index in [4.69, 9.17) is 11.6 Å². The number of thioether (sulfide) groups is 1. The first-order valence-electron chi connectivity index (χ1n) is 3.84. The van der Waals surface area contributed by atoms with Gasteiger partial charge in [-0.05, 0) is 12.1 Å². The summed E-state index contributed by atoms with van der Waals surface area (Å²) in [6.45, 7) is 0. The summed E-state index contributed by atoms with van der Waals surface area (Å²) in [4.78, 5) is 11.7. The highest BCUT2D eigenvalue weighted by atomic mass is 35.5. The summed E-state index contributed by atoms with van der Waals surface area (Å²) in [5, 5.41) is 0.0842. The van der Waals surface area contributed by atoms with E-state index < -0.39 is 5.82 Å². The van der Waals surface area contributed by atoms with Crippen LogP contribution in [0.2, 0.25) is 5.02 Å². The van der Waals surface area contributed by atoms with Gasteiger partial charge in [-0.2, -0.15) is 0 Å². The van der Waals surface area contributed by atoms with E-state index in [0.717, 1.165) is 0 Å². The largest absolute Gasteiger partial charge is 0.294 e. The zero-order valence-electron chi connectivity index (χ0n) is 6.64. The van der Waals surface area contributed by atoms with Crippen LogP contribution in [-0.2, 0) is 0 Å². The maximum atomic E-state index is 13.4. The van der Waals surface area contributed by atoms with Gasteiger partial charge in [0.1, 0.15) is 0 Å². The van der Waals surface area contributed by atoms with Gasteiger partial charge in [0.25, 0.3) is 0 Å². The first kappa shape index (κ1) is 9.03. The maximum absolute atomic E-state index is 13.4. The van der Waals surface area contributed by atoms with Gasteiger partial charge in [0.15, 0.2) is 11.6 Å². The summed E-state index contributed by atoms with van der Waals surface area (Å²) in [6, 6.07) is 3.02. The van der Waals surface area contributed by atoms with Gasteiger partial charge in [0.2, 0.25) is 0 Å². The van der Waals surface area contributed by atoms with Gasteiger partial charge in [0.05, 0.1) is 9.92 Å². The predicted octanol–water partition coefficient (Wildman–Crippen LogP) is 3.16. The van der Waals surface area contributed by atoms with Crippen molar-refractivity contribution in [2.45, 2.75) is 11.3 Å². The monoisotopic (exact) mass is 216 g/mol. The standard InChI is InChI=1S/C9H6ClFOS/c10-6-2-1-5-7(12)3-4-13-9(5)8(6)11/h1-2H,3-4H2. The topological polar surface area (TPSA) is 17.1 Å². The van der Waals surface area contributed by atoms with E-state index in [1.165, 1.54) is 17.8 Å². The quantitative estimate of drug-likeness (QED) is 0.663. The van der Waals surface area contributed by atoms with Gasteiger partial charge in [0, 0.05) is 17.7 Å². The number of carbonyl (C=O) groups is 1. The molecule has 0 fully saturated rings. The van der Waals surface area contributed by atoms with Crippen molar-refractivity contribution in [3.8, 4) is 0 Å². The van der Waals surface area contributed by atoms with Crippen LogP contribution in [0.3, 0.4) is 0 Å². The molecule has 4 heteroatoms. The number of benzene rings is 1. The Morgan fingerprint density at radius 3 is 3.00 bits per heavy atom. The maximum Gasteiger partial charge on any atom is 0.164 e. The average molecular weight is 217 g/mol. The third-order valence-corrected chi connectivity index (χ3v) is 3.31. The van der Waals surface area contributed by atoms with Crippen LogP contribution in [0, 0.1) is 5.82 Å². The molecule has 0 N–H and O–H groups in total. The molecule has 0 aromatic heterocycles. The molecule has 1 aliphatic rings. The van der Waals surface area contributed by atoms with Crippen LogP contribution in [0.15, 0.2) is 17.0 Å². The van der Waals surface area contributed by atoms with Crippen molar-refractivity contribution in [3.63, 3.8) is 0 Å². The zero-order chi connectivity index (χ0) is 9.42. The minimum absolute atomic E-state index is 0.00400. The zero-order valence-corrected chi connectivity index (χ0v) is 8.21. The number of Topliss-reactive ketones (excluding diaryl/α,β-unsaturated/α-hetero) is 1. The molecular weight excluding hydrogens is 211 g/mol. The molecule has 13 heavy (non-hydrogen) atoms. The summed E-state index contributed by atoms with van der Waals surface area (Å²) in [5.41, 5.74) is 0.471. The van der Waals surface area contributed by atoms with Crippen LogP contribution < -0.4 is 0 Å². The van der Waals surface area contributed by atoms with E-state index in [0.29, 0.717) is 22.6 Å². The van der Waals surface area contributed by atoms with E-state index in [1.807, 2.05) is 0 Å². The Labute approximate surface area is 84.3 Å². The van der Waals surface area contributed by atoms with Crippen molar-refractivity contribution in [1.82, 2.24) is 0 Å². The summed E-state index contributed by atoms with van der Waals surface area (Å²) in [5.74, 6) is 0.185. The summed E-state index contributed by atoms with van der Waals surface area (Å²) in [7, 11) is 0. The van der Waals surface area contributed by atoms with Gasteiger partial charge in [-0.3, -0.25) is 4.79 Å². The fourth-order valence-corrected chi connectivity index (χ4v) is 2.55. The van der Waals surface area contributed by atoms with Crippen LogP contribution in [0.4, 0.5) is 4.39 Å². The molecule has 0 radical (unpaired) electrons. The van der Waals surface area contributed by atoms with Crippen molar-refractivity contribution in [3.05, 3.63) is 28.5 Å². The predicted molar refractivity (Wildman–Crippen MR) is 51.1 cm³/mol. The Morgan fingerprint density at radius 2 is 2.23 bits per heavy atom. The lowest BCUT2D eigenvalue weighted by Gasteiger charge is -2.14. The molecule has 0 aliphatic carbocycles. The summed E-state index contributed by atoms with van der Waals surface area (Å²) in [6.07, 6.45) is 0.485. The van der Waals surface area contributed by atoms with E-state index in [1.54, 1.807) is 6.07 Å². The highest BCUT2D eigenvalue weighted by molar-refractivity contribution is 7.99. The highest BCUT2D eigenvalue weighted by Gasteiger charge is 2.22. The Hall–Kier alpha value is -0.540. The first-order valence-corrected chi connectivity index (χ1v) is 5.20. The molecule has 0 bridgehead atoms. The second-order valence-electron chi connectivity index (χ2n) is 2.76. The van der Waals surface area contributed by atoms with Gasteiger partial charge in [-0.1, -0.05) is 11.6 Å². The lowest BCUT2D eigenvalue weighted by molar-refractivity contribution is 0.0984. The van der Waals surface area contributed by atoms with E-state index in [-0.39, 0.29) is 10.8 Å². The minimum atomic E-state index is -0.461. The first-order chi connectivity index (χ1) is 6.20. The molecule has 2 rings (SSSR count). The molecule has 1 heterocycles. The molecular formula is C9H6ClFOS. The van der Waals surface area contributed by atoms with Crippen molar-refractivity contribution in [2.75, 3.05) is 5.75 Å². The number of hydrogen-bond donors (Lipinski definition) is 0. The molecule has 0 saturated carbocycles. The van der Waals surface area contributed by atoms with Crippen LogP contribution >= 0.6 is 23.4 Å². The number of rotatable bonds is 0. The number of halogens is 2. The minimum Gasteiger partial charge on any atom is -0.294 e. The Balaban J connectivity index is 2.63. The molecule has 1 aliphatic heterocycles. The average Bonchev–Trinajstić information content (AvgIpc) is 2.12. The lowest BCUT2D eigenvalue weighted by Crippen LogP contribution is -2.09. The summed E-state index contributed by atoms with van der Waals surface area (Å²) >= 11 is 6.95. The third kappa shape index (κ3) is 1.46. The lowest BCUT2D eigenvalue weighted by atomic mass is 10.1. The molecule has 0 unspecified atom stereocenters. The van der Waals surface area contributed by atoms with Crippen LogP contribution in [-0.4, -0.2) is 11.5 Å². The number of carbonyl (C=O) groups excluding carboxylic acids is 1. The van der Waals surface area contributed by atoms with Gasteiger partial charge in [-0.25, -0.2) is 4.39 Å². The fraction of sp³-hybridized carbons (Fsp3) is 0.222. The second-order valence-corrected chi connectivity index (χ2v) is 4.27. The summed E-state index contributed by atoms with van der Waals surface area (Å²) < 4.78 is 13.4. The smallest absolute Gasteiger partial charge is 0.164 e. The van der Waals surface area contributed by atoms with Crippen LogP contribution in [0.25, 0.3) is 0 Å². The fourth-order valence-electron chi connectivity index (χ4n) is 1.27. The van der Waals surface area contributed by atoms with Crippen LogP contribution in [0.5, 0.6) is 0 Å². The number of ketones is 1. The molecule has 0 atom stereocenters. The van der Waals surface area contributed by atoms with Gasteiger partial charge in [-0.15, -0.1) is 11.8 Å². The van der Waals surface area contributed by atoms with Gasteiger partial charge < -0.3 is 0 Å². The molecule has 0 spiro atoms. The number of fused-ring (bicyclic) bond motifs is 1. The molecule has 1 aromatic carbocycles. The molecule has 0 amide bonds. The van der Waals surface area contributed by atoms with Crippen molar-refractivity contribution < 1.29 is 9.18 Å². The molecule has 0 saturated heterocycles. The Morgan fingerprint density at radius 1 is 1.46 bits per heavy atom. The second kappa shape index (κ2) is 3.31. The Kier molecular flexibility index (Phi) is 2.30. The SMILES string of the molecule is O=C1CCSc2c1ccc(Cl)c2F. The molecule has 68 valence electrons.